The van der Waals surface area contributed by atoms with E-state index in [-0.39, 0.29) is 37.6 Å². The zero-order valence-corrected chi connectivity index (χ0v) is 20.2. The second-order valence-corrected chi connectivity index (χ2v) is 10.3. The molecule has 1 spiro atoms. The van der Waals surface area contributed by atoms with Crippen LogP contribution in [0.25, 0.3) is 0 Å². The van der Waals surface area contributed by atoms with Crippen LogP contribution < -0.4 is 0 Å². The molecule has 5 atom stereocenters. The Labute approximate surface area is 201 Å². The fourth-order valence-electron chi connectivity index (χ4n) is 6.88. The predicted molar refractivity (Wildman–Crippen MR) is 126 cm³/mol. The van der Waals surface area contributed by atoms with Crippen LogP contribution in [0.15, 0.2) is 25.3 Å². The van der Waals surface area contributed by atoms with Gasteiger partial charge >= 0.3 is 5.97 Å². The number of likely N-dealkylation sites (tertiary alicyclic amines) is 1. The molecule has 0 aromatic rings. The molecular weight excluding hydrogens is 436 g/mol. The first-order valence-corrected chi connectivity index (χ1v) is 12.6. The number of hydrogen-bond donors (Lipinski definition) is 1. The Morgan fingerprint density at radius 3 is 2.62 bits per heavy atom. The number of aliphatic hydroxyl groups is 1. The first-order valence-electron chi connectivity index (χ1n) is 12.6. The third kappa shape index (κ3) is 3.88. The van der Waals surface area contributed by atoms with Gasteiger partial charge in [-0.2, -0.15) is 0 Å². The molecule has 4 aliphatic rings. The maximum Gasteiger partial charge on any atom is 0.313 e. The van der Waals surface area contributed by atoms with Crippen LogP contribution in [0.4, 0.5) is 0 Å². The molecule has 0 radical (unpaired) electrons. The summed E-state index contributed by atoms with van der Waals surface area (Å²) in [7, 11) is 0. The largest absolute Gasteiger partial charge is 0.461 e. The summed E-state index contributed by atoms with van der Waals surface area (Å²) in [6.45, 7) is 9.94. The summed E-state index contributed by atoms with van der Waals surface area (Å²) in [6, 6.07) is -0.718. The average molecular weight is 475 g/mol. The van der Waals surface area contributed by atoms with Crippen LogP contribution in [-0.4, -0.2) is 82.3 Å². The molecule has 3 aliphatic heterocycles. The number of carbonyl (C=O) groups is 3. The number of fused-ring (bicyclic) bond motifs is 1. The molecule has 3 heterocycles. The molecule has 2 unspecified atom stereocenters. The number of hydrogen-bond acceptors (Lipinski definition) is 6. The van der Waals surface area contributed by atoms with Gasteiger partial charge in [0.15, 0.2) is 0 Å². The summed E-state index contributed by atoms with van der Waals surface area (Å²) in [5.41, 5.74) is -1.92. The van der Waals surface area contributed by atoms with E-state index in [4.69, 9.17) is 9.47 Å². The van der Waals surface area contributed by atoms with Gasteiger partial charge in [0.25, 0.3) is 0 Å². The molecule has 3 saturated heterocycles. The van der Waals surface area contributed by atoms with Gasteiger partial charge in [0.05, 0.1) is 11.5 Å². The molecule has 0 aromatic carbocycles. The quantitative estimate of drug-likeness (QED) is 0.385. The molecule has 8 heteroatoms. The van der Waals surface area contributed by atoms with E-state index in [0.717, 1.165) is 25.7 Å². The van der Waals surface area contributed by atoms with Gasteiger partial charge in [0, 0.05) is 25.7 Å². The van der Waals surface area contributed by atoms with Crippen molar-refractivity contribution >= 4 is 17.8 Å². The van der Waals surface area contributed by atoms with Gasteiger partial charge in [-0.05, 0) is 39.0 Å². The fourth-order valence-corrected chi connectivity index (χ4v) is 6.88. The van der Waals surface area contributed by atoms with Crippen molar-refractivity contribution in [3.8, 4) is 0 Å². The van der Waals surface area contributed by atoms with Crippen molar-refractivity contribution in [3.05, 3.63) is 25.3 Å². The summed E-state index contributed by atoms with van der Waals surface area (Å²) >= 11 is 0. The fraction of sp³-hybridized carbons (Fsp3) is 0.731. The van der Waals surface area contributed by atoms with Gasteiger partial charge in [-0.1, -0.05) is 38.0 Å². The number of nitrogens with zero attached hydrogens (tertiary/aromatic N) is 2. The number of aliphatic hydroxyl groups excluding tert-OH is 1. The molecule has 2 bridgehead atoms. The van der Waals surface area contributed by atoms with E-state index < -0.39 is 35.0 Å². The van der Waals surface area contributed by atoms with Crippen molar-refractivity contribution < 1.29 is 29.0 Å². The van der Waals surface area contributed by atoms with E-state index in [0.29, 0.717) is 25.8 Å². The Hall–Kier alpha value is -2.19. The highest BCUT2D eigenvalue weighted by molar-refractivity contribution is 5.98. The van der Waals surface area contributed by atoms with Crippen LogP contribution in [-0.2, 0) is 23.9 Å². The molecular formula is C26H38N2O6. The van der Waals surface area contributed by atoms with Gasteiger partial charge in [0.2, 0.25) is 11.8 Å². The summed E-state index contributed by atoms with van der Waals surface area (Å²) in [5.74, 6) is -2.41. The Bertz CT molecular complexity index is 839. The lowest BCUT2D eigenvalue weighted by Gasteiger charge is -2.40. The monoisotopic (exact) mass is 474 g/mol. The normalized spacial score (nSPS) is 34.7. The zero-order valence-electron chi connectivity index (χ0n) is 20.2. The van der Waals surface area contributed by atoms with Crippen LogP contribution in [0.1, 0.15) is 58.3 Å². The Morgan fingerprint density at radius 1 is 1.24 bits per heavy atom. The smallest absolute Gasteiger partial charge is 0.313 e. The first-order chi connectivity index (χ1) is 16.3. The maximum absolute atomic E-state index is 14.2. The molecule has 8 nitrogen and oxygen atoms in total. The SMILES string of the molecule is C=CCOC(=O)[C@H]1[C@H]2C(=O)N(CCCO)C(C(=O)N(CC=C)C3CCCCC3)C23CC[C@]1(C)O3. The highest BCUT2D eigenvalue weighted by Crippen LogP contribution is 2.63. The Kier molecular flexibility index (Phi) is 7.20. The van der Waals surface area contributed by atoms with E-state index in [1.54, 1.807) is 11.0 Å². The zero-order chi connectivity index (χ0) is 24.5. The third-order valence-corrected chi connectivity index (χ3v) is 8.29. The highest BCUT2D eigenvalue weighted by Gasteiger charge is 2.78. The summed E-state index contributed by atoms with van der Waals surface area (Å²) in [4.78, 5) is 44.6. The number of carbonyl (C=O) groups excluding carboxylic acids is 3. The number of esters is 1. The molecule has 34 heavy (non-hydrogen) atoms. The second-order valence-electron chi connectivity index (χ2n) is 10.3. The highest BCUT2D eigenvalue weighted by atomic mass is 16.6. The van der Waals surface area contributed by atoms with Gasteiger partial charge < -0.3 is 24.4 Å². The molecule has 0 aromatic heterocycles. The van der Waals surface area contributed by atoms with Crippen LogP contribution >= 0.6 is 0 Å². The van der Waals surface area contributed by atoms with Crippen molar-refractivity contribution in [3.63, 3.8) is 0 Å². The maximum atomic E-state index is 14.2. The van der Waals surface area contributed by atoms with Gasteiger partial charge in [-0.25, -0.2) is 0 Å². The summed E-state index contributed by atoms with van der Waals surface area (Å²) in [6.07, 6.45) is 9.87. The van der Waals surface area contributed by atoms with Crippen molar-refractivity contribution in [2.24, 2.45) is 11.8 Å². The van der Waals surface area contributed by atoms with Gasteiger partial charge in [-0.3, -0.25) is 14.4 Å². The van der Waals surface area contributed by atoms with Crippen LogP contribution in [0.3, 0.4) is 0 Å². The van der Waals surface area contributed by atoms with Gasteiger partial charge in [-0.15, -0.1) is 6.58 Å². The third-order valence-electron chi connectivity index (χ3n) is 8.29. The average Bonchev–Trinajstić information content (AvgIpc) is 3.40. The lowest BCUT2D eigenvalue weighted by molar-refractivity contribution is -0.160. The summed E-state index contributed by atoms with van der Waals surface area (Å²) in [5, 5.41) is 9.48. The molecule has 4 fully saturated rings. The number of rotatable bonds is 10. The second kappa shape index (κ2) is 9.82. The van der Waals surface area contributed by atoms with Crippen molar-refractivity contribution in [2.45, 2.75) is 81.6 Å². The van der Waals surface area contributed by atoms with Crippen LogP contribution in [0.2, 0.25) is 0 Å². The van der Waals surface area contributed by atoms with Crippen LogP contribution in [0.5, 0.6) is 0 Å². The minimum atomic E-state index is -1.07. The summed E-state index contributed by atoms with van der Waals surface area (Å²) < 4.78 is 12.0. The van der Waals surface area contributed by atoms with Crippen molar-refractivity contribution in [1.82, 2.24) is 9.80 Å². The van der Waals surface area contributed by atoms with E-state index in [2.05, 4.69) is 13.2 Å². The predicted octanol–water partition coefficient (Wildman–Crippen LogP) is 2.21. The first kappa shape index (κ1) is 24.9. The Balaban J connectivity index is 1.72. The molecule has 1 aliphatic carbocycles. The Morgan fingerprint density at radius 2 is 1.97 bits per heavy atom. The molecule has 2 amide bonds. The topological polar surface area (TPSA) is 96.4 Å². The van der Waals surface area contributed by atoms with Crippen LogP contribution in [0, 0.1) is 11.8 Å². The van der Waals surface area contributed by atoms with E-state index in [9.17, 15) is 19.5 Å². The molecule has 188 valence electrons. The number of amides is 2. The van der Waals surface area contributed by atoms with E-state index in [1.165, 1.54) is 12.5 Å². The molecule has 4 rings (SSSR count). The lowest BCUT2D eigenvalue weighted by Crippen LogP contribution is -2.58. The van der Waals surface area contributed by atoms with E-state index in [1.807, 2.05) is 11.8 Å². The number of ether oxygens (including phenoxy) is 2. The minimum Gasteiger partial charge on any atom is -0.461 e. The molecule has 1 N–H and O–H groups in total. The molecule has 1 saturated carbocycles. The van der Waals surface area contributed by atoms with Gasteiger partial charge in [0.1, 0.15) is 24.2 Å². The van der Waals surface area contributed by atoms with Crippen molar-refractivity contribution in [1.29, 1.82) is 0 Å². The minimum absolute atomic E-state index is 0.0602. The standard InChI is InChI=1S/C26H38N2O6/c1-4-14-27(18-10-7-6-8-11-18)23(31)21-26-13-12-25(3,34-26)20(24(32)33-17-5-2)19(26)22(30)28(21)15-9-16-29/h4-5,18-21,29H,1-2,6-17H2,3H3/t19-,20+,21?,25-,26?/m0/s1. The van der Waals surface area contributed by atoms with E-state index >= 15 is 0 Å². The lowest BCUT2D eigenvalue weighted by atomic mass is 9.66. The van der Waals surface area contributed by atoms with Crippen molar-refractivity contribution in [2.75, 3.05) is 26.3 Å².